The molecule has 31 heavy (non-hydrogen) atoms. The SMILES string of the molecule is CC[C@]1(c2ccccc2)C(=O)OC(c2ccccc2Cl)=C2C(=O)Oc3ccccc3[C@H]21. The first kappa shape index (κ1) is 19.6. The van der Waals surface area contributed by atoms with Gasteiger partial charge in [0.1, 0.15) is 11.2 Å². The summed E-state index contributed by atoms with van der Waals surface area (Å²) < 4.78 is 11.6. The topological polar surface area (TPSA) is 52.6 Å². The third-order valence-corrected chi connectivity index (χ3v) is 6.53. The van der Waals surface area contributed by atoms with Crippen LogP contribution in [-0.2, 0) is 19.7 Å². The van der Waals surface area contributed by atoms with Gasteiger partial charge in [0.2, 0.25) is 0 Å². The zero-order valence-corrected chi connectivity index (χ0v) is 17.6. The smallest absolute Gasteiger partial charge is 0.343 e. The average molecular weight is 431 g/mol. The van der Waals surface area contributed by atoms with Gasteiger partial charge in [-0.15, -0.1) is 0 Å². The lowest BCUT2D eigenvalue weighted by Crippen LogP contribution is -2.49. The highest BCUT2D eigenvalue weighted by Gasteiger charge is 2.57. The minimum Gasteiger partial charge on any atom is -0.425 e. The van der Waals surface area contributed by atoms with Crippen molar-refractivity contribution in [2.24, 2.45) is 0 Å². The fourth-order valence-corrected chi connectivity index (χ4v) is 4.97. The molecule has 0 fully saturated rings. The van der Waals surface area contributed by atoms with Crippen LogP contribution < -0.4 is 4.74 Å². The van der Waals surface area contributed by atoms with Gasteiger partial charge in [-0.25, -0.2) is 4.79 Å². The molecule has 0 bridgehead atoms. The molecule has 0 spiro atoms. The van der Waals surface area contributed by atoms with Gasteiger partial charge in [0, 0.05) is 17.0 Å². The molecule has 3 aromatic carbocycles. The van der Waals surface area contributed by atoms with Crippen molar-refractivity contribution in [3.05, 3.63) is 106 Å². The van der Waals surface area contributed by atoms with Crippen molar-refractivity contribution in [1.82, 2.24) is 0 Å². The van der Waals surface area contributed by atoms with E-state index in [4.69, 9.17) is 21.1 Å². The zero-order valence-electron chi connectivity index (χ0n) is 16.8. The van der Waals surface area contributed by atoms with E-state index in [1.54, 1.807) is 30.3 Å². The third-order valence-electron chi connectivity index (χ3n) is 6.20. The molecule has 2 aliphatic rings. The minimum atomic E-state index is -1.07. The van der Waals surface area contributed by atoms with E-state index in [9.17, 15) is 9.59 Å². The van der Waals surface area contributed by atoms with E-state index in [0.29, 0.717) is 28.3 Å². The fourth-order valence-electron chi connectivity index (χ4n) is 4.75. The van der Waals surface area contributed by atoms with Crippen molar-refractivity contribution < 1.29 is 19.1 Å². The van der Waals surface area contributed by atoms with Crippen molar-refractivity contribution >= 4 is 29.3 Å². The number of fused-ring (bicyclic) bond motifs is 3. The highest BCUT2D eigenvalue weighted by atomic mass is 35.5. The van der Waals surface area contributed by atoms with Gasteiger partial charge in [-0.2, -0.15) is 0 Å². The fraction of sp³-hybridized carbons (Fsp3) is 0.154. The second-order valence-electron chi connectivity index (χ2n) is 7.66. The van der Waals surface area contributed by atoms with E-state index in [2.05, 4.69) is 0 Å². The molecule has 154 valence electrons. The highest BCUT2D eigenvalue weighted by Crippen LogP contribution is 2.56. The van der Waals surface area contributed by atoms with Gasteiger partial charge in [0.05, 0.1) is 10.6 Å². The number of halogens is 1. The Bertz CT molecular complexity index is 1230. The summed E-state index contributed by atoms with van der Waals surface area (Å²) in [4.78, 5) is 27.1. The van der Waals surface area contributed by atoms with Crippen molar-refractivity contribution in [3.8, 4) is 5.75 Å². The minimum absolute atomic E-state index is 0.167. The van der Waals surface area contributed by atoms with Gasteiger partial charge < -0.3 is 9.47 Å². The number of cyclic esters (lactones) is 1. The molecule has 0 radical (unpaired) electrons. The Hall–Kier alpha value is -3.37. The van der Waals surface area contributed by atoms with Crippen LogP contribution in [-0.4, -0.2) is 11.9 Å². The largest absolute Gasteiger partial charge is 0.425 e. The Morgan fingerprint density at radius 1 is 0.871 bits per heavy atom. The van der Waals surface area contributed by atoms with Crippen LogP contribution in [0.4, 0.5) is 0 Å². The van der Waals surface area contributed by atoms with E-state index < -0.39 is 23.3 Å². The molecule has 5 heteroatoms. The highest BCUT2D eigenvalue weighted by molar-refractivity contribution is 6.32. The second-order valence-corrected chi connectivity index (χ2v) is 8.07. The van der Waals surface area contributed by atoms with Gasteiger partial charge in [-0.1, -0.05) is 79.2 Å². The molecule has 2 heterocycles. The molecule has 0 N–H and O–H groups in total. The predicted octanol–water partition coefficient (Wildman–Crippen LogP) is 5.66. The molecule has 0 saturated carbocycles. The van der Waals surface area contributed by atoms with Crippen molar-refractivity contribution in [3.63, 3.8) is 0 Å². The van der Waals surface area contributed by atoms with Gasteiger partial charge in [-0.3, -0.25) is 4.79 Å². The summed E-state index contributed by atoms with van der Waals surface area (Å²) in [6.45, 7) is 1.94. The van der Waals surface area contributed by atoms with Gasteiger partial charge >= 0.3 is 11.9 Å². The van der Waals surface area contributed by atoms with Crippen LogP contribution in [0.5, 0.6) is 5.75 Å². The Labute approximate surface area is 185 Å². The van der Waals surface area contributed by atoms with Crippen LogP contribution in [0.3, 0.4) is 0 Å². The molecule has 0 aliphatic carbocycles. The van der Waals surface area contributed by atoms with Crippen LogP contribution in [0.25, 0.3) is 5.76 Å². The molecule has 0 unspecified atom stereocenters. The Morgan fingerprint density at radius 3 is 2.29 bits per heavy atom. The maximum absolute atomic E-state index is 13.8. The summed E-state index contributed by atoms with van der Waals surface area (Å²) in [6, 6.07) is 23.9. The van der Waals surface area contributed by atoms with Crippen LogP contribution in [0.2, 0.25) is 5.02 Å². The summed E-state index contributed by atoms with van der Waals surface area (Å²) in [5.74, 6) is -0.873. The number of rotatable bonds is 3. The third kappa shape index (κ3) is 2.82. The second kappa shape index (κ2) is 7.40. The first-order valence-electron chi connectivity index (χ1n) is 10.2. The van der Waals surface area contributed by atoms with Crippen LogP contribution >= 0.6 is 11.6 Å². The van der Waals surface area contributed by atoms with Crippen LogP contribution in [0.1, 0.15) is 36.0 Å². The number of esters is 2. The van der Waals surface area contributed by atoms with Crippen LogP contribution in [0, 0.1) is 0 Å². The number of hydrogen-bond donors (Lipinski definition) is 0. The first-order chi connectivity index (χ1) is 15.1. The lowest BCUT2D eigenvalue weighted by molar-refractivity contribution is -0.147. The molecule has 0 amide bonds. The molecule has 3 aromatic rings. The standard InChI is InChI=1S/C26H19ClO4/c1-2-26(16-10-4-3-5-11-16)22-18-13-7-9-15-20(18)30-24(28)21(22)23(31-25(26)29)17-12-6-8-14-19(17)27/h3-15,22H,2H2,1H3/t22-,26-/m1/s1. The lowest BCUT2D eigenvalue weighted by Gasteiger charge is -2.45. The molecule has 5 rings (SSSR count). The van der Waals surface area contributed by atoms with Crippen molar-refractivity contribution in [2.45, 2.75) is 24.7 Å². The summed E-state index contributed by atoms with van der Waals surface area (Å²) in [6.07, 6.45) is 0.446. The zero-order chi connectivity index (χ0) is 21.6. The average Bonchev–Trinajstić information content (AvgIpc) is 2.80. The number of ether oxygens (including phenoxy) is 2. The molecule has 2 aliphatic heterocycles. The molecule has 4 nitrogen and oxygen atoms in total. The molecule has 0 saturated heterocycles. The molecular weight excluding hydrogens is 412 g/mol. The van der Waals surface area contributed by atoms with E-state index in [1.165, 1.54) is 0 Å². The number of para-hydroxylation sites is 1. The molecule has 0 aromatic heterocycles. The van der Waals surface area contributed by atoms with E-state index in [-0.39, 0.29) is 5.76 Å². The Kier molecular flexibility index (Phi) is 4.67. The Morgan fingerprint density at radius 2 is 1.55 bits per heavy atom. The molecular formula is C26H19ClO4. The van der Waals surface area contributed by atoms with Crippen molar-refractivity contribution in [1.29, 1.82) is 0 Å². The predicted molar refractivity (Wildman–Crippen MR) is 118 cm³/mol. The maximum atomic E-state index is 13.8. The van der Waals surface area contributed by atoms with E-state index in [1.807, 2.05) is 55.5 Å². The van der Waals surface area contributed by atoms with Gasteiger partial charge in [0.15, 0.2) is 5.76 Å². The lowest BCUT2D eigenvalue weighted by atomic mass is 9.61. The number of hydrogen-bond acceptors (Lipinski definition) is 4. The summed E-state index contributed by atoms with van der Waals surface area (Å²) in [5, 5.41) is 0.395. The monoisotopic (exact) mass is 430 g/mol. The van der Waals surface area contributed by atoms with Gasteiger partial charge in [-0.05, 0) is 30.2 Å². The quantitative estimate of drug-likeness (QED) is 0.397. The number of benzene rings is 3. The summed E-state index contributed by atoms with van der Waals surface area (Å²) >= 11 is 6.43. The Balaban J connectivity index is 1.88. The number of carbonyl (C=O) groups excluding carboxylic acids is 2. The normalized spacial score (nSPS) is 22.3. The maximum Gasteiger partial charge on any atom is 0.343 e. The first-order valence-corrected chi connectivity index (χ1v) is 10.5. The van der Waals surface area contributed by atoms with Gasteiger partial charge in [0.25, 0.3) is 0 Å². The van der Waals surface area contributed by atoms with Crippen molar-refractivity contribution in [2.75, 3.05) is 0 Å². The van der Waals surface area contributed by atoms with E-state index >= 15 is 0 Å². The number of carbonyl (C=O) groups is 2. The van der Waals surface area contributed by atoms with E-state index in [0.717, 1.165) is 11.1 Å². The summed E-state index contributed by atoms with van der Waals surface area (Å²) in [5.41, 5.74) is 1.32. The van der Waals surface area contributed by atoms with Crippen LogP contribution in [0.15, 0.2) is 84.4 Å². The molecule has 2 atom stereocenters. The summed E-state index contributed by atoms with van der Waals surface area (Å²) in [7, 11) is 0.